The second kappa shape index (κ2) is 44.4. The van der Waals surface area contributed by atoms with Crippen LogP contribution in [0.1, 0.15) is 187 Å². The van der Waals surface area contributed by atoms with Gasteiger partial charge >= 0.3 is 5.97 Å². The molecule has 0 fully saturated rings. The van der Waals surface area contributed by atoms with Crippen LogP contribution < -0.4 is 54.8 Å². The molecule has 0 radical (unpaired) electrons. The summed E-state index contributed by atoms with van der Waals surface area (Å²) in [6.45, 7) is 4.77. The number of carboxylic acid groups (broad SMARTS) is 1. The Labute approximate surface area is 418 Å². The van der Waals surface area contributed by atoms with Crippen LogP contribution >= 0.6 is 11.8 Å². The average Bonchev–Trinajstić information content (AvgIpc) is 3.32. The standard InChI is InChI=1S/C49H96N10O9S/c1-3-5-6-7-8-9-10-11-12-13-14-15-16-29-43(61)54-42(36-69-34-4-2)48(66)59-41(35-60)47(65)57-38(26-18-22-31-51)45(63)55-37(25-17-21-30-50)44(62)56-39(27-19-23-32-52)46(64)58-40(49(67)68)28-20-24-33-53/h37-42,60H,3-36,50-53H2,1-2H3,(H,54,61)(H,55,63)(H,56,62)(H,57,65)(H,58,64)(H,59,66)(H,67,68)/t37-,38-,39-,40-,41-,42-/m0/s1. The molecule has 0 aliphatic carbocycles. The fourth-order valence-electron chi connectivity index (χ4n) is 7.69. The predicted octanol–water partition coefficient (Wildman–Crippen LogP) is 3.11. The maximum Gasteiger partial charge on any atom is 0.326 e. The average molecular weight is 1000 g/mol. The van der Waals surface area contributed by atoms with E-state index in [0.717, 1.165) is 31.4 Å². The first-order valence-corrected chi connectivity index (χ1v) is 27.5. The second-order valence-electron chi connectivity index (χ2n) is 18.2. The van der Waals surface area contributed by atoms with E-state index in [2.05, 4.69) is 38.8 Å². The number of aliphatic hydroxyl groups excluding tert-OH is 1. The monoisotopic (exact) mass is 1000 g/mol. The van der Waals surface area contributed by atoms with Gasteiger partial charge in [0.15, 0.2) is 0 Å². The fourth-order valence-corrected chi connectivity index (χ4v) is 8.61. The summed E-state index contributed by atoms with van der Waals surface area (Å²) in [5.74, 6) is -4.11. The van der Waals surface area contributed by atoms with Crippen LogP contribution in [0.4, 0.5) is 0 Å². The highest BCUT2D eigenvalue weighted by molar-refractivity contribution is 7.99. The molecule has 19 nitrogen and oxygen atoms in total. The van der Waals surface area contributed by atoms with Crippen LogP contribution in [-0.2, 0) is 33.6 Å². The number of thioether (sulfide) groups is 1. The molecule has 0 saturated heterocycles. The van der Waals surface area contributed by atoms with Crippen LogP contribution in [0.5, 0.6) is 0 Å². The molecule has 0 unspecified atom stereocenters. The molecular weight excluding hydrogens is 905 g/mol. The molecule has 16 N–H and O–H groups in total. The number of hydrogen-bond donors (Lipinski definition) is 12. The number of unbranched alkanes of at least 4 members (excludes halogenated alkanes) is 16. The molecule has 0 bridgehead atoms. The Kier molecular flexibility index (Phi) is 42.1. The van der Waals surface area contributed by atoms with Crippen LogP contribution in [-0.4, -0.2) is 132 Å². The zero-order chi connectivity index (χ0) is 51.5. The number of aliphatic carboxylic acids is 1. The maximum absolute atomic E-state index is 14.0. The molecule has 0 heterocycles. The van der Waals surface area contributed by atoms with Gasteiger partial charge in [-0.15, -0.1) is 0 Å². The molecule has 0 aromatic rings. The molecular formula is C49H96N10O9S. The first-order valence-electron chi connectivity index (χ1n) is 26.4. The van der Waals surface area contributed by atoms with Gasteiger partial charge in [-0.3, -0.25) is 28.8 Å². The number of carbonyl (C=O) groups excluding carboxylic acids is 6. The lowest BCUT2D eigenvalue weighted by Gasteiger charge is -2.27. The summed E-state index contributed by atoms with van der Waals surface area (Å²) < 4.78 is 0. The smallest absolute Gasteiger partial charge is 0.326 e. The van der Waals surface area contributed by atoms with Crippen LogP contribution in [0.2, 0.25) is 0 Å². The third-order valence-electron chi connectivity index (χ3n) is 11.9. The van der Waals surface area contributed by atoms with Crippen molar-refractivity contribution in [3.05, 3.63) is 0 Å². The Bertz CT molecular complexity index is 1400. The number of carbonyl (C=O) groups is 7. The van der Waals surface area contributed by atoms with Gasteiger partial charge in [0.2, 0.25) is 35.4 Å². The van der Waals surface area contributed by atoms with Crippen LogP contribution in [0, 0.1) is 0 Å². The molecule has 402 valence electrons. The number of nitrogens with two attached hydrogens (primary N) is 4. The number of amides is 6. The van der Waals surface area contributed by atoms with Gasteiger partial charge in [-0.2, -0.15) is 11.8 Å². The summed E-state index contributed by atoms with van der Waals surface area (Å²) in [5, 5.41) is 36.1. The lowest BCUT2D eigenvalue weighted by atomic mass is 10.0. The van der Waals surface area contributed by atoms with Crippen molar-refractivity contribution in [1.29, 1.82) is 0 Å². The van der Waals surface area contributed by atoms with Crippen molar-refractivity contribution in [2.75, 3.05) is 44.3 Å². The van der Waals surface area contributed by atoms with Crippen molar-refractivity contribution in [3.63, 3.8) is 0 Å². The molecule has 0 rings (SSSR count). The van der Waals surface area contributed by atoms with E-state index in [1.165, 1.54) is 69.5 Å². The summed E-state index contributed by atoms with van der Waals surface area (Å²) in [6, 6.07) is -7.19. The summed E-state index contributed by atoms with van der Waals surface area (Å²) in [6.07, 6.45) is 20.9. The Morgan fingerprint density at radius 3 is 1.10 bits per heavy atom. The van der Waals surface area contributed by atoms with E-state index in [9.17, 15) is 43.8 Å². The topological polar surface area (TPSA) is 336 Å². The quantitative estimate of drug-likeness (QED) is 0.0390. The van der Waals surface area contributed by atoms with Gasteiger partial charge in [0, 0.05) is 12.2 Å². The zero-order valence-corrected chi connectivity index (χ0v) is 43.3. The zero-order valence-electron chi connectivity index (χ0n) is 42.5. The van der Waals surface area contributed by atoms with E-state index in [4.69, 9.17) is 22.9 Å². The van der Waals surface area contributed by atoms with Crippen molar-refractivity contribution in [3.8, 4) is 0 Å². The highest BCUT2D eigenvalue weighted by atomic mass is 32.2. The van der Waals surface area contributed by atoms with Gasteiger partial charge < -0.3 is 65.0 Å². The lowest BCUT2D eigenvalue weighted by Crippen LogP contribution is -2.60. The highest BCUT2D eigenvalue weighted by Crippen LogP contribution is 2.14. The van der Waals surface area contributed by atoms with E-state index in [1.807, 2.05) is 6.92 Å². The molecule has 6 amide bonds. The molecule has 0 saturated carbocycles. The number of rotatable bonds is 47. The first-order chi connectivity index (χ1) is 33.3. The Morgan fingerprint density at radius 2 is 0.739 bits per heavy atom. The number of hydrogen-bond acceptors (Lipinski definition) is 13. The van der Waals surface area contributed by atoms with Crippen molar-refractivity contribution in [2.45, 2.75) is 223 Å². The third kappa shape index (κ3) is 33.6. The van der Waals surface area contributed by atoms with Crippen molar-refractivity contribution >= 4 is 53.2 Å². The van der Waals surface area contributed by atoms with E-state index < -0.39 is 78.4 Å². The van der Waals surface area contributed by atoms with Crippen LogP contribution in [0.25, 0.3) is 0 Å². The molecule has 20 heteroatoms. The Morgan fingerprint density at radius 1 is 0.406 bits per heavy atom. The molecule has 0 aliphatic heterocycles. The van der Waals surface area contributed by atoms with Gasteiger partial charge in [-0.1, -0.05) is 90.9 Å². The van der Waals surface area contributed by atoms with E-state index in [0.29, 0.717) is 84.0 Å². The summed E-state index contributed by atoms with van der Waals surface area (Å²) in [5.41, 5.74) is 22.7. The highest BCUT2D eigenvalue weighted by Gasteiger charge is 2.33. The van der Waals surface area contributed by atoms with Crippen LogP contribution in [0.15, 0.2) is 0 Å². The van der Waals surface area contributed by atoms with Gasteiger partial charge in [0.05, 0.1) is 6.61 Å². The minimum absolute atomic E-state index is 0.106. The summed E-state index contributed by atoms with van der Waals surface area (Å²) in [7, 11) is 0. The molecule has 0 aromatic carbocycles. The van der Waals surface area contributed by atoms with Crippen molar-refractivity contribution in [2.24, 2.45) is 22.9 Å². The van der Waals surface area contributed by atoms with E-state index in [1.54, 1.807) is 0 Å². The number of carboxylic acids is 1. The minimum Gasteiger partial charge on any atom is -0.480 e. The molecule has 69 heavy (non-hydrogen) atoms. The number of aliphatic hydroxyl groups is 1. The number of nitrogens with one attached hydrogen (secondary N) is 6. The van der Waals surface area contributed by atoms with Gasteiger partial charge in [0.1, 0.15) is 36.3 Å². The van der Waals surface area contributed by atoms with E-state index in [-0.39, 0.29) is 43.8 Å². The summed E-state index contributed by atoms with van der Waals surface area (Å²) in [4.78, 5) is 93.8. The SMILES string of the molecule is CCCCCCCCCCCCCCCC(=O)N[C@@H](CSCCC)C(=O)N[C@@H](CO)C(=O)N[C@@H](CCCCN)C(=O)N[C@@H](CCCCN)C(=O)N[C@@H](CCCCN)C(=O)N[C@@H](CCCCN)C(=O)O. The Hall–Kier alpha value is -3.56. The molecule has 6 atom stereocenters. The summed E-state index contributed by atoms with van der Waals surface area (Å²) >= 11 is 1.48. The first kappa shape index (κ1) is 65.4. The van der Waals surface area contributed by atoms with Crippen molar-refractivity contribution in [1.82, 2.24) is 31.9 Å². The van der Waals surface area contributed by atoms with E-state index >= 15 is 0 Å². The molecule has 0 aromatic heterocycles. The normalized spacial score (nSPS) is 13.8. The van der Waals surface area contributed by atoms with Crippen LogP contribution in [0.3, 0.4) is 0 Å². The van der Waals surface area contributed by atoms with Gasteiger partial charge in [-0.25, -0.2) is 4.79 Å². The van der Waals surface area contributed by atoms with Gasteiger partial charge in [-0.05, 0) is 122 Å². The second-order valence-corrected chi connectivity index (χ2v) is 19.3. The third-order valence-corrected chi connectivity index (χ3v) is 13.2. The van der Waals surface area contributed by atoms with Crippen molar-refractivity contribution < 1.29 is 43.8 Å². The predicted molar refractivity (Wildman–Crippen MR) is 276 cm³/mol. The molecule has 0 aliphatic rings. The Balaban J connectivity index is 5.86. The lowest BCUT2D eigenvalue weighted by molar-refractivity contribution is -0.142. The molecule has 0 spiro atoms. The maximum atomic E-state index is 14.0. The largest absolute Gasteiger partial charge is 0.480 e. The minimum atomic E-state index is -1.47. The van der Waals surface area contributed by atoms with Gasteiger partial charge in [0.25, 0.3) is 0 Å². The fraction of sp³-hybridized carbons (Fsp3) is 0.857.